The average Bonchev–Trinajstić information content (AvgIpc) is 3.08. The van der Waals surface area contributed by atoms with Gasteiger partial charge in [0.1, 0.15) is 12.4 Å². The number of benzene rings is 2. The van der Waals surface area contributed by atoms with Crippen molar-refractivity contribution in [1.29, 1.82) is 0 Å². The van der Waals surface area contributed by atoms with Gasteiger partial charge >= 0.3 is 0 Å². The number of rotatable bonds is 6. The van der Waals surface area contributed by atoms with Crippen molar-refractivity contribution in [3.8, 4) is 5.75 Å². The van der Waals surface area contributed by atoms with Gasteiger partial charge in [0, 0.05) is 5.56 Å². The van der Waals surface area contributed by atoms with Crippen LogP contribution in [0.5, 0.6) is 5.75 Å². The summed E-state index contributed by atoms with van der Waals surface area (Å²) in [4.78, 5) is 23.6. The Morgan fingerprint density at radius 3 is 2.69 bits per heavy atom. The molecule has 0 aliphatic heterocycles. The van der Waals surface area contributed by atoms with E-state index in [1.54, 1.807) is 37.5 Å². The van der Waals surface area contributed by atoms with E-state index in [-0.39, 0.29) is 17.7 Å². The van der Waals surface area contributed by atoms with Gasteiger partial charge < -0.3 is 15.2 Å². The van der Waals surface area contributed by atoms with Gasteiger partial charge in [0.15, 0.2) is 5.78 Å². The SMILES string of the molecule is COc1ccc(C(=O)NC2CCc3cc(/C=C/C(=O)CO)ccc32)cc1. The first kappa shape index (κ1) is 17.9. The van der Waals surface area contributed by atoms with E-state index >= 15 is 0 Å². The van der Waals surface area contributed by atoms with E-state index < -0.39 is 6.61 Å². The van der Waals surface area contributed by atoms with Crippen LogP contribution < -0.4 is 10.1 Å². The molecule has 1 unspecified atom stereocenters. The van der Waals surface area contributed by atoms with Gasteiger partial charge in [-0.2, -0.15) is 0 Å². The summed E-state index contributed by atoms with van der Waals surface area (Å²) in [6.07, 6.45) is 4.79. The number of nitrogens with one attached hydrogen (secondary N) is 1. The molecule has 2 N–H and O–H groups in total. The van der Waals surface area contributed by atoms with Crippen molar-refractivity contribution in [2.24, 2.45) is 0 Å². The maximum atomic E-state index is 12.5. The highest BCUT2D eigenvalue weighted by molar-refractivity contribution is 5.95. The van der Waals surface area contributed by atoms with Gasteiger partial charge in [-0.1, -0.05) is 24.3 Å². The molecule has 134 valence electrons. The maximum Gasteiger partial charge on any atom is 0.251 e. The first-order valence-corrected chi connectivity index (χ1v) is 8.50. The van der Waals surface area contributed by atoms with Crippen LogP contribution in [0.4, 0.5) is 0 Å². The highest BCUT2D eigenvalue weighted by Crippen LogP contribution is 2.32. The Kier molecular flexibility index (Phi) is 5.49. The lowest BCUT2D eigenvalue weighted by molar-refractivity contribution is -0.117. The van der Waals surface area contributed by atoms with Crippen LogP contribution in [0.25, 0.3) is 6.08 Å². The lowest BCUT2D eigenvalue weighted by Crippen LogP contribution is -2.27. The zero-order valence-corrected chi connectivity index (χ0v) is 14.6. The largest absolute Gasteiger partial charge is 0.497 e. The molecule has 0 saturated heterocycles. The molecule has 2 aromatic carbocycles. The predicted octanol–water partition coefficient (Wildman–Crippen LogP) is 2.69. The number of hydrogen-bond acceptors (Lipinski definition) is 4. The number of ether oxygens (including phenoxy) is 1. The van der Waals surface area contributed by atoms with Crippen molar-refractivity contribution in [1.82, 2.24) is 5.32 Å². The van der Waals surface area contributed by atoms with Crippen molar-refractivity contribution in [3.05, 3.63) is 70.8 Å². The smallest absolute Gasteiger partial charge is 0.251 e. The number of amides is 1. The average molecular weight is 351 g/mol. The zero-order valence-electron chi connectivity index (χ0n) is 14.6. The summed E-state index contributed by atoms with van der Waals surface area (Å²) in [5.74, 6) is 0.283. The first-order valence-electron chi connectivity index (χ1n) is 8.50. The van der Waals surface area contributed by atoms with Crippen molar-refractivity contribution in [3.63, 3.8) is 0 Å². The molecule has 5 heteroatoms. The fourth-order valence-electron chi connectivity index (χ4n) is 3.12. The van der Waals surface area contributed by atoms with Gasteiger partial charge in [-0.25, -0.2) is 0 Å². The number of aliphatic hydroxyl groups is 1. The standard InChI is InChI=1S/C21H21NO4/c1-26-18-8-4-15(5-9-18)21(25)22-20-11-6-16-12-14(3-10-19(16)20)2-7-17(24)13-23/h2-5,7-10,12,20,23H,6,11,13H2,1H3,(H,22,25)/b7-2+. The minimum atomic E-state index is -0.485. The lowest BCUT2D eigenvalue weighted by Gasteiger charge is -2.14. The fraction of sp³-hybridized carbons (Fsp3) is 0.238. The molecule has 1 aliphatic rings. The third kappa shape index (κ3) is 4.00. The Morgan fingerprint density at radius 1 is 1.23 bits per heavy atom. The van der Waals surface area contributed by atoms with Crippen molar-refractivity contribution in [2.45, 2.75) is 18.9 Å². The third-order valence-corrected chi connectivity index (χ3v) is 4.52. The molecule has 0 saturated carbocycles. The summed E-state index contributed by atoms with van der Waals surface area (Å²) in [6.45, 7) is -0.485. The van der Waals surface area contributed by atoms with Gasteiger partial charge in [-0.15, -0.1) is 0 Å². The number of ketones is 1. The number of aliphatic hydroxyl groups excluding tert-OH is 1. The third-order valence-electron chi connectivity index (χ3n) is 4.52. The number of aryl methyl sites for hydroxylation is 1. The Hall–Kier alpha value is -2.92. The topological polar surface area (TPSA) is 75.6 Å². The summed E-state index contributed by atoms with van der Waals surface area (Å²) in [6, 6.07) is 12.9. The van der Waals surface area contributed by atoms with Crippen LogP contribution in [0, 0.1) is 0 Å². The number of carbonyl (C=O) groups is 2. The highest BCUT2D eigenvalue weighted by atomic mass is 16.5. The maximum absolute atomic E-state index is 12.5. The minimum Gasteiger partial charge on any atom is -0.497 e. The molecule has 3 rings (SSSR count). The van der Waals surface area contributed by atoms with Gasteiger partial charge in [0.05, 0.1) is 13.2 Å². The Labute approximate surface area is 152 Å². The highest BCUT2D eigenvalue weighted by Gasteiger charge is 2.24. The van der Waals surface area contributed by atoms with E-state index in [2.05, 4.69) is 5.32 Å². The van der Waals surface area contributed by atoms with E-state index in [9.17, 15) is 9.59 Å². The first-order chi connectivity index (χ1) is 12.6. The molecular formula is C21H21NO4. The number of fused-ring (bicyclic) bond motifs is 1. The Morgan fingerprint density at radius 2 is 2.00 bits per heavy atom. The van der Waals surface area contributed by atoms with Crippen molar-refractivity contribution >= 4 is 17.8 Å². The Balaban J connectivity index is 1.70. The number of methoxy groups -OCH3 is 1. The summed E-state index contributed by atoms with van der Waals surface area (Å²) in [5.41, 5.74) is 3.79. The molecule has 1 amide bonds. The van der Waals surface area contributed by atoms with Crippen LogP contribution in [0.2, 0.25) is 0 Å². The molecule has 1 atom stereocenters. The minimum absolute atomic E-state index is 0.0169. The van der Waals surface area contributed by atoms with Crippen molar-refractivity contribution < 1.29 is 19.4 Å². The lowest BCUT2D eigenvalue weighted by atomic mass is 10.0. The molecule has 0 bridgehead atoms. The van der Waals surface area contributed by atoms with Crippen LogP contribution in [-0.2, 0) is 11.2 Å². The van der Waals surface area contributed by atoms with Crippen LogP contribution >= 0.6 is 0 Å². The molecule has 2 aromatic rings. The molecule has 0 radical (unpaired) electrons. The molecule has 0 aromatic heterocycles. The summed E-state index contributed by atoms with van der Waals surface area (Å²) < 4.78 is 5.11. The number of hydrogen-bond donors (Lipinski definition) is 2. The van der Waals surface area contributed by atoms with Crippen LogP contribution in [0.3, 0.4) is 0 Å². The molecular weight excluding hydrogens is 330 g/mol. The van der Waals surface area contributed by atoms with E-state index in [0.717, 1.165) is 24.0 Å². The molecule has 0 heterocycles. The van der Waals surface area contributed by atoms with E-state index in [4.69, 9.17) is 9.84 Å². The number of carbonyl (C=O) groups excluding carboxylic acids is 2. The summed E-state index contributed by atoms with van der Waals surface area (Å²) in [7, 11) is 1.59. The van der Waals surface area contributed by atoms with Crippen molar-refractivity contribution in [2.75, 3.05) is 13.7 Å². The van der Waals surface area contributed by atoms with Gasteiger partial charge in [-0.3, -0.25) is 9.59 Å². The van der Waals surface area contributed by atoms with E-state index in [0.29, 0.717) is 11.3 Å². The second-order valence-electron chi connectivity index (χ2n) is 6.21. The zero-order chi connectivity index (χ0) is 18.5. The molecule has 0 spiro atoms. The monoisotopic (exact) mass is 351 g/mol. The van der Waals surface area contributed by atoms with Crippen LogP contribution in [0.15, 0.2) is 48.5 Å². The Bertz CT molecular complexity index is 840. The normalized spacial score (nSPS) is 15.7. The van der Waals surface area contributed by atoms with Gasteiger partial charge in [0.2, 0.25) is 0 Å². The summed E-state index contributed by atoms with van der Waals surface area (Å²) >= 11 is 0. The summed E-state index contributed by atoms with van der Waals surface area (Å²) in [5, 5.41) is 11.8. The van der Waals surface area contributed by atoms with Crippen LogP contribution in [0.1, 0.15) is 39.5 Å². The van der Waals surface area contributed by atoms with Crippen LogP contribution in [-0.4, -0.2) is 30.5 Å². The second kappa shape index (κ2) is 7.97. The molecule has 26 heavy (non-hydrogen) atoms. The van der Waals surface area contributed by atoms with E-state index in [1.165, 1.54) is 11.6 Å². The van der Waals surface area contributed by atoms with E-state index in [1.807, 2.05) is 18.2 Å². The quantitative estimate of drug-likeness (QED) is 0.785. The molecule has 0 fully saturated rings. The van der Waals surface area contributed by atoms with Gasteiger partial charge in [-0.05, 0) is 59.9 Å². The second-order valence-corrected chi connectivity index (χ2v) is 6.21. The molecule has 1 aliphatic carbocycles. The van der Waals surface area contributed by atoms with Gasteiger partial charge in [0.25, 0.3) is 5.91 Å². The fourth-order valence-corrected chi connectivity index (χ4v) is 3.12. The molecule has 5 nitrogen and oxygen atoms in total. The predicted molar refractivity (Wildman–Crippen MR) is 99.1 cm³/mol.